The number of rotatable bonds is 9. The molecule has 292 valence electrons. The van der Waals surface area contributed by atoms with E-state index in [1.54, 1.807) is 0 Å². The summed E-state index contributed by atoms with van der Waals surface area (Å²) in [6, 6.07) is 92.0. The quantitative estimate of drug-likeness (QED) is 0.141. The third-order valence-electron chi connectivity index (χ3n) is 12.0. The number of anilines is 3. The second kappa shape index (κ2) is 16.1. The van der Waals surface area contributed by atoms with Crippen LogP contribution in [0.2, 0.25) is 0 Å². The fourth-order valence-corrected chi connectivity index (χ4v) is 9.08. The predicted molar refractivity (Wildman–Crippen MR) is 263 cm³/mol. The lowest BCUT2D eigenvalue weighted by atomic mass is 9.94. The summed E-state index contributed by atoms with van der Waals surface area (Å²) in [4.78, 5) is 2.41. The zero-order valence-electron chi connectivity index (χ0n) is 34.1. The third-order valence-corrected chi connectivity index (χ3v) is 12.0. The third kappa shape index (κ3) is 6.84. The zero-order valence-corrected chi connectivity index (χ0v) is 34.1. The summed E-state index contributed by atoms with van der Waals surface area (Å²) in [5, 5.41) is 2.50. The normalized spacial score (nSPS) is 11.2. The van der Waals surface area contributed by atoms with E-state index in [2.05, 4.69) is 264 Å². The van der Waals surface area contributed by atoms with E-state index in [4.69, 9.17) is 0 Å². The van der Waals surface area contributed by atoms with Crippen LogP contribution in [0.5, 0.6) is 0 Å². The molecule has 0 aliphatic carbocycles. The minimum Gasteiger partial charge on any atom is -0.310 e. The van der Waals surface area contributed by atoms with Crippen LogP contribution in [-0.2, 0) is 0 Å². The van der Waals surface area contributed by atoms with E-state index in [0.29, 0.717) is 0 Å². The van der Waals surface area contributed by atoms with Crippen LogP contribution in [0.4, 0.5) is 17.1 Å². The highest BCUT2D eigenvalue weighted by Gasteiger charge is 2.20. The fraction of sp³-hybridized carbons (Fsp3) is 0. The lowest BCUT2D eigenvalue weighted by Gasteiger charge is -2.28. The summed E-state index contributed by atoms with van der Waals surface area (Å²) in [7, 11) is 0. The number of aromatic nitrogens is 1. The van der Waals surface area contributed by atoms with Gasteiger partial charge in [-0.05, 0) is 117 Å². The Hall–Kier alpha value is -8.20. The first-order valence-electron chi connectivity index (χ1n) is 21.3. The average Bonchev–Trinajstić information content (AvgIpc) is 3.70. The number of para-hydroxylation sites is 3. The van der Waals surface area contributed by atoms with Gasteiger partial charge < -0.3 is 9.47 Å². The van der Waals surface area contributed by atoms with Crippen molar-refractivity contribution in [2.45, 2.75) is 0 Å². The topological polar surface area (TPSA) is 8.17 Å². The van der Waals surface area contributed by atoms with Crippen molar-refractivity contribution in [1.29, 1.82) is 0 Å². The highest BCUT2D eigenvalue weighted by molar-refractivity contribution is 6.16. The minimum atomic E-state index is 1.08. The molecular formula is C60H42N2. The maximum absolute atomic E-state index is 2.41. The van der Waals surface area contributed by atoms with Gasteiger partial charge in [0.15, 0.2) is 0 Å². The lowest BCUT2D eigenvalue weighted by molar-refractivity contribution is 1.18. The predicted octanol–water partition coefficient (Wildman–Crippen LogP) is 16.6. The number of hydrogen-bond donors (Lipinski definition) is 0. The maximum atomic E-state index is 2.41. The van der Waals surface area contributed by atoms with Crippen LogP contribution in [0, 0.1) is 0 Å². The molecule has 0 fully saturated rings. The summed E-state index contributed by atoms with van der Waals surface area (Å²) in [6.45, 7) is 0. The second-order valence-corrected chi connectivity index (χ2v) is 15.7. The molecule has 0 aliphatic heterocycles. The molecule has 0 N–H and O–H groups in total. The Balaban J connectivity index is 1.04. The molecule has 0 saturated carbocycles. The molecule has 0 bridgehead atoms. The van der Waals surface area contributed by atoms with E-state index >= 15 is 0 Å². The van der Waals surface area contributed by atoms with Crippen molar-refractivity contribution in [1.82, 2.24) is 4.57 Å². The average molecular weight is 791 g/mol. The van der Waals surface area contributed by atoms with E-state index in [0.717, 1.165) is 33.9 Å². The Morgan fingerprint density at radius 3 is 1.45 bits per heavy atom. The van der Waals surface area contributed by atoms with E-state index in [9.17, 15) is 0 Å². The van der Waals surface area contributed by atoms with Crippen molar-refractivity contribution in [3.05, 3.63) is 255 Å². The lowest BCUT2D eigenvalue weighted by Crippen LogP contribution is -2.11. The molecule has 0 unspecified atom stereocenters. The Morgan fingerprint density at radius 1 is 0.274 bits per heavy atom. The largest absolute Gasteiger partial charge is 0.310 e. The van der Waals surface area contributed by atoms with Gasteiger partial charge in [-0.15, -0.1) is 0 Å². The van der Waals surface area contributed by atoms with Crippen LogP contribution < -0.4 is 4.90 Å². The molecule has 11 aromatic rings. The van der Waals surface area contributed by atoms with Crippen molar-refractivity contribution < 1.29 is 0 Å². The summed E-state index contributed by atoms with van der Waals surface area (Å²) in [5.74, 6) is 0. The molecule has 2 heteroatoms. The van der Waals surface area contributed by atoms with Gasteiger partial charge in [0.1, 0.15) is 0 Å². The SMILES string of the molecule is c1ccc(-c2cccc(-c3ccc(N(c4cccc(-c5ccccc5)c4)c4ccccc4-c4cccc(-c5cccc6c5c5ccccc5n6-c5ccccc5)c4)cc3)c2)cc1. The first-order chi connectivity index (χ1) is 30.8. The minimum absolute atomic E-state index is 1.08. The first-order valence-corrected chi connectivity index (χ1v) is 21.3. The van der Waals surface area contributed by atoms with Crippen molar-refractivity contribution in [2.24, 2.45) is 0 Å². The Morgan fingerprint density at radius 2 is 0.742 bits per heavy atom. The van der Waals surface area contributed by atoms with Crippen LogP contribution >= 0.6 is 0 Å². The molecule has 0 radical (unpaired) electrons. The van der Waals surface area contributed by atoms with Gasteiger partial charge in [0.25, 0.3) is 0 Å². The fourth-order valence-electron chi connectivity index (χ4n) is 9.08. The first kappa shape index (κ1) is 36.8. The van der Waals surface area contributed by atoms with Crippen molar-refractivity contribution in [3.63, 3.8) is 0 Å². The maximum Gasteiger partial charge on any atom is 0.0547 e. The molecule has 62 heavy (non-hydrogen) atoms. The van der Waals surface area contributed by atoms with Crippen molar-refractivity contribution in [3.8, 4) is 61.3 Å². The molecule has 1 aromatic heterocycles. The molecule has 0 aliphatic rings. The monoisotopic (exact) mass is 790 g/mol. The van der Waals surface area contributed by atoms with E-state index in [-0.39, 0.29) is 0 Å². The highest BCUT2D eigenvalue weighted by atomic mass is 15.1. The van der Waals surface area contributed by atoms with Crippen molar-refractivity contribution in [2.75, 3.05) is 4.90 Å². The van der Waals surface area contributed by atoms with Crippen LogP contribution in [0.3, 0.4) is 0 Å². The van der Waals surface area contributed by atoms with Gasteiger partial charge in [0.05, 0.1) is 16.7 Å². The van der Waals surface area contributed by atoms with Crippen LogP contribution in [0.1, 0.15) is 0 Å². The summed E-state index contributed by atoms with van der Waals surface area (Å²) < 4.78 is 2.39. The van der Waals surface area contributed by atoms with Crippen molar-refractivity contribution >= 4 is 38.9 Å². The van der Waals surface area contributed by atoms with Gasteiger partial charge in [-0.1, -0.05) is 188 Å². The van der Waals surface area contributed by atoms with E-state index in [1.807, 2.05) is 0 Å². The molecule has 0 saturated heterocycles. The van der Waals surface area contributed by atoms with Gasteiger partial charge in [0, 0.05) is 33.4 Å². The molecule has 1 heterocycles. The highest BCUT2D eigenvalue weighted by Crippen LogP contribution is 2.44. The molecule has 2 nitrogen and oxygen atoms in total. The number of fused-ring (bicyclic) bond motifs is 3. The standard InChI is InChI=1S/C60H42N2/c1-4-18-43(19-5-1)46-22-14-23-47(40-46)45-36-38-52(39-37-45)61(53-29-16-24-48(42-53)44-20-6-2-7-21-44)57-33-12-10-30-54(57)49-25-15-26-50(41-49)55-32-17-35-59-60(55)56-31-11-13-34-58(56)62(59)51-27-8-3-9-28-51/h1-42H. The molecule has 0 atom stereocenters. The smallest absolute Gasteiger partial charge is 0.0547 e. The molecule has 0 spiro atoms. The number of hydrogen-bond acceptors (Lipinski definition) is 1. The molecule has 0 amide bonds. The van der Waals surface area contributed by atoms with Crippen LogP contribution in [-0.4, -0.2) is 4.57 Å². The molecule has 11 rings (SSSR count). The van der Waals surface area contributed by atoms with Gasteiger partial charge >= 0.3 is 0 Å². The van der Waals surface area contributed by atoms with Gasteiger partial charge in [-0.2, -0.15) is 0 Å². The molecule has 10 aromatic carbocycles. The zero-order chi connectivity index (χ0) is 41.2. The second-order valence-electron chi connectivity index (χ2n) is 15.7. The van der Waals surface area contributed by atoms with E-state index in [1.165, 1.54) is 66.3 Å². The van der Waals surface area contributed by atoms with Gasteiger partial charge in [-0.3, -0.25) is 0 Å². The Bertz CT molecular complexity index is 3330. The summed E-state index contributed by atoms with van der Waals surface area (Å²) >= 11 is 0. The molecular weight excluding hydrogens is 749 g/mol. The van der Waals surface area contributed by atoms with Gasteiger partial charge in [-0.25, -0.2) is 0 Å². The van der Waals surface area contributed by atoms with Crippen LogP contribution in [0.15, 0.2) is 255 Å². The Kier molecular flexibility index (Phi) is 9.57. The van der Waals surface area contributed by atoms with Crippen LogP contribution in [0.25, 0.3) is 83.1 Å². The number of benzene rings is 10. The van der Waals surface area contributed by atoms with E-state index < -0.39 is 0 Å². The summed E-state index contributed by atoms with van der Waals surface area (Å²) in [5.41, 5.74) is 18.7. The summed E-state index contributed by atoms with van der Waals surface area (Å²) in [6.07, 6.45) is 0. The van der Waals surface area contributed by atoms with Gasteiger partial charge in [0.2, 0.25) is 0 Å². The Labute approximate surface area is 362 Å². The number of nitrogens with zero attached hydrogens (tertiary/aromatic N) is 2.